The Morgan fingerprint density at radius 3 is 2.48 bits per heavy atom. The summed E-state index contributed by atoms with van der Waals surface area (Å²) in [6.45, 7) is 3.91. The van der Waals surface area contributed by atoms with Gasteiger partial charge in [-0.15, -0.1) is 10.2 Å². The standard InChI is InChI=1S/C17H16N4OS/c1-12-3-5-14(6-4-12)15(22)11-23-17-8-7-16(19-20-17)21-10-9-18-13(21)2/h3-10H,11H2,1-2H3. The summed E-state index contributed by atoms with van der Waals surface area (Å²) >= 11 is 1.39. The zero-order valence-electron chi connectivity index (χ0n) is 12.9. The molecular formula is C17H16N4OS. The van der Waals surface area contributed by atoms with E-state index in [-0.39, 0.29) is 5.78 Å². The van der Waals surface area contributed by atoms with Gasteiger partial charge >= 0.3 is 0 Å². The first kappa shape index (κ1) is 15.4. The first-order chi connectivity index (χ1) is 11.1. The number of benzene rings is 1. The van der Waals surface area contributed by atoms with Gasteiger partial charge in [0, 0.05) is 18.0 Å². The molecule has 0 fully saturated rings. The molecule has 0 bridgehead atoms. The molecule has 0 aliphatic carbocycles. The Bertz CT molecular complexity index is 809. The fourth-order valence-electron chi connectivity index (χ4n) is 2.10. The smallest absolute Gasteiger partial charge is 0.173 e. The van der Waals surface area contributed by atoms with Gasteiger partial charge in [0.1, 0.15) is 10.9 Å². The number of nitrogens with zero attached hydrogens (tertiary/aromatic N) is 4. The van der Waals surface area contributed by atoms with E-state index in [1.54, 1.807) is 6.20 Å². The summed E-state index contributed by atoms with van der Waals surface area (Å²) in [4.78, 5) is 16.3. The topological polar surface area (TPSA) is 60.7 Å². The van der Waals surface area contributed by atoms with Crippen LogP contribution in [0.3, 0.4) is 0 Å². The van der Waals surface area contributed by atoms with Crippen molar-refractivity contribution in [1.82, 2.24) is 19.7 Å². The van der Waals surface area contributed by atoms with E-state index >= 15 is 0 Å². The second-order valence-corrected chi connectivity index (χ2v) is 6.15. The molecular weight excluding hydrogens is 308 g/mol. The van der Waals surface area contributed by atoms with Crippen molar-refractivity contribution in [3.63, 3.8) is 0 Å². The normalized spacial score (nSPS) is 10.7. The largest absolute Gasteiger partial charge is 0.293 e. The van der Waals surface area contributed by atoms with Gasteiger partial charge in [-0.2, -0.15) is 0 Å². The molecule has 5 nitrogen and oxygen atoms in total. The Morgan fingerprint density at radius 1 is 1.09 bits per heavy atom. The predicted molar refractivity (Wildman–Crippen MR) is 90.1 cm³/mol. The minimum Gasteiger partial charge on any atom is -0.293 e. The highest BCUT2D eigenvalue weighted by Crippen LogP contribution is 2.17. The molecule has 2 heterocycles. The number of carbonyl (C=O) groups excluding carboxylic acids is 1. The fourth-order valence-corrected chi connectivity index (χ4v) is 2.81. The number of aryl methyl sites for hydroxylation is 2. The SMILES string of the molecule is Cc1ccc(C(=O)CSc2ccc(-n3ccnc3C)nn2)cc1. The monoisotopic (exact) mass is 324 g/mol. The van der Waals surface area contributed by atoms with E-state index in [1.165, 1.54) is 11.8 Å². The Kier molecular flexibility index (Phi) is 4.52. The Labute approximate surface area is 138 Å². The fraction of sp³-hybridized carbons (Fsp3) is 0.176. The lowest BCUT2D eigenvalue weighted by Crippen LogP contribution is -2.04. The van der Waals surface area contributed by atoms with Crippen LogP contribution >= 0.6 is 11.8 Å². The maximum Gasteiger partial charge on any atom is 0.173 e. The Morgan fingerprint density at radius 2 is 1.87 bits per heavy atom. The van der Waals surface area contributed by atoms with Crippen molar-refractivity contribution in [2.24, 2.45) is 0 Å². The van der Waals surface area contributed by atoms with Gasteiger partial charge in [0.25, 0.3) is 0 Å². The molecule has 0 aliphatic rings. The summed E-state index contributed by atoms with van der Waals surface area (Å²) in [6, 6.07) is 11.3. The lowest BCUT2D eigenvalue weighted by molar-refractivity contribution is 0.102. The van der Waals surface area contributed by atoms with Gasteiger partial charge in [0.15, 0.2) is 11.6 Å². The predicted octanol–water partition coefficient (Wildman–Crippen LogP) is 3.25. The van der Waals surface area contributed by atoms with Crippen molar-refractivity contribution in [3.8, 4) is 5.82 Å². The van der Waals surface area contributed by atoms with Crippen LogP contribution in [-0.2, 0) is 0 Å². The number of aromatic nitrogens is 4. The molecule has 2 aromatic heterocycles. The minimum absolute atomic E-state index is 0.0892. The Hall–Kier alpha value is -2.47. The summed E-state index contributed by atoms with van der Waals surface area (Å²) in [5.74, 6) is 2.01. The molecule has 0 amide bonds. The van der Waals surface area contributed by atoms with Crippen LogP contribution in [0.4, 0.5) is 0 Å². The molecule has 0 aliphatic heterocycles. The van der Waals surface area contributed by atoms with Gasteiger partial charge in [0.2, 0.25) is 0 Å². The highest BCUT2D eigenvalue weighted by atomic mass is 32.2. The van der Waals surface area contributed by atoms with Gasteiger partial charge in [-0.25, -0.2) is 4.98 Å². The van der Waals surface area contributed by atoms with Crippen LogP contribution in [0.5, 0.6) is 0 Å². The minimum atomic E-state index is 0.0892. The van der Waals surface area contributed by atoms with Gasteiger partial charge in [-0.05, 0) is 26.0 Å². The molecule has 0 saturated carbocycles. The molecule has 0 unspecified atom stereocenters. The second kappa shape index (κ2) is 6.75. The molecule has 0 atom stereocenters. The maximum absolute atomic E-state index is 12.1. The zero-order chi connectivity index (χ0) is 16.2. The van der Waals surface area contributed by atoms with Crippen LogP contribution in [0.2, 0.25) is 0 Å². The lowest BCUT2D eigenvalue weighted by Gasteiger charge is -2.04. The quantitative estimate of drug-likeness (QED) is 0.532. The molecule has 1 aromatic carbocycles. The summed E-state index contributed by atoms with van der Waals surface area (Å²) in [5.41, 5.74) is 1.87. The van der Waals surface area contributed by atoms with Crippen molar-refractivity contribution in [1.29, 1.82) is 0 Å². The average Bonchev–Trinajstić information content (AvgIpc) is 3.00. The van der Waals surface area contributed by atoms with E-state index < -0.39 is 0 Å². The zero-order valence-corrected chi connectivity index (χ0v) is 13.7. The van der Waals surface area contributed by atoms with E-state index in [4.69, 9.17) is 0 Å². The second-order valence-electron chi connectivity index (χ2n) is 5.15. The van der Waals surface area contributed by atoms with Gasteiger partial charge < -0.3 is 0 Å². The molecule has 0 N–H and O–H groups in total. The highest BCUT2D eigenvalue weighted by Gasteiger charge is 2.08. The van der Waals surface area contributed by atoms with Gasteiger partial charge in [-0.1, -0.05) is 41.6 Å². The van der Waals surface area contributed by atoms with Crippen LogP contribution < -0.4 is 0 Å². The highest BCUT2D eigenvalue weighted by molar-refractivity contribution is 7.99. The number of imidazole rings is 1. The maximum atomic E-state index is 12.1. The molecule has 116 valence electrons. The van der Waals surface area contributed by atoms with Crippen LogP contribution in [0.15, 0.2) is 53.8 Å². The molecule has 0 saturated heterocycles. The van der Waals surface area contributed by atoms with E-state index in [2.05, 4.69) is 15.2 Å². The van der Waals surface area contributed by atoms with E-state index in [0.29, 0.717) is 11.6 Å². The van der Waals surface area contributed by atoms with Crippen LogP contribution in [0.1, 0.15) is 21.7 Å². The third-order valence-corrected chi connectivity index (χ3v) is 4.34. The molecule has 0 spiro atoms. The molecule has 6 heteroatoms. The molecule has 23 heavy (non-hydrogen) atoms. The first-order valence-electron chi connectivity index (χ1n) is 7.20. The van der Waals surface area contributed by atoms with Crippen LogP contribution in [0, 0.1) is 13.8 Å². The van der Waals surface area contributed by atoms with Crippen molar-refractivity contribution in [2.45, 2.75) is 18.9 Å². The van der Waals surface area contributed by atoms with E-state index in [9.17, 15) is 4.79 Å². The third kappa shape index (κ3) is 3.65. The summed E-state index contributed by atoms with van der Waals surface area (Å²) < 4.78 is 1.86. The van der Waals surface area contributed by atoms with E-state index in [1.807, 2.05) is 61.0 Å². The number of hydrogen-bond acceptors (Lipinski definition) is 5. The molecule has 3 aromatic rings. The Balaban J connectivity index is 1.64. The summed E-state index contributed by atoms with van der Waals surface area (Å²) in [5, 5.41) is 9.08. The summed E-state index contributed by atoms with van der Waals surface area (Å²) in [7, 11) is 0. The van der Waals surface area contributed by atoms with Crippen molar-refractivity contribution < 1.29 is 4.79 Å². The molecule has 3 rings (SSSR count). The van der Waals surface area contributed by atoms with Gasteiger partial charge in [0.05, 0.1) is 5.75 Å². The number of hydrogen-bond donors (Lipinski definition) is 0. The number of carbonyl (C=O) groups is 1. The van der Waals surface area contributed by atoms with Crippen LogP contribution in [-0.4, -0.2) is 31.3 Å². The van der Waals surface area contributed by atoms with Crippen molar-refractivity contribution in [3.05, 3.63) is 65.7 Å². The number of rotatable bonds is 5. The summed E-state index contributed by atoms with van der Waals surface area (Å²) in [6.07, 6.45) is 3.56. The first-order valence-corrected chi connectivity index (χ1v) is 8.19. The third-order valence-electron chi connectivity index (χ3n) is 3.42. The van der Waals surface area contributed by atoms with Crippen LogP contribution in [0.25, 0.3) is 5.82 Å². The number of ketones is 1. The van der Waals surface area contributed by atoms with Crippen molar-refractivity contribution in [2.75, 3.05) is 5.75 Å². The number of thioether (sulfide) groups is 1. The van der Waals surface area contributed by atoms with Crippen molar-refractivity contribution >= 4 is 17.5 Å². The molecule has 0 radical (unpaired) electrons. The average molecular weight is 324 g/mol. The van der Waals surface area contributed by atoms with E-state index in [0.717, 1.165) is 22.0 Å². The van der Waals surface area contributed by atoms with Gasteiger partial charge in [-0.3, -0.25) is 9.36 Å². The number of Topliss-reactive ketones (excluding diaryl/α,β-unsaturated/α-hetero) is 1. The lowest BCUT2D eigenvalue weighted by atomic mass is 10.1.